The molecule has 1 aromatic carbocycles. The highest BCUT2D eigenvalue weighted by molar-refractivity contribution is 8.00. The van der Waals surface area contributed by atoms with Gasteiger partial charge in [-0.2, -0.15) is 0 Å². The third kappa shape index (κ3) is 2.16. The van der Waals surface area contributed by atoms with Crippen molar-refractivity contribution in [3.05, 3.63) is 41.7 Å². The molecule has 25 heavy (non-hydrogen) atoms. The lowest BCUT2D eigenvalue weighted by atomic mass is 9.92. The summed E-state index contributed by atoms with van der Waals surface area (Å²) in [5.74, 6) is -0.160. The lowest BCUT2D eigenvalue weighted by Gasteiger charge is -2.51. The van der Waals surface area contributed by atoms with Gasteiger partial charge in [-0.3, -0.25) is 4.79 Å². The van der Waals surface area contributed by atoms with Crippen molar-refractivity contribution in [2.75, 3.05) is 0 Å². The average Bonchev–Trinajstić information content (AvgIpc) is 2.98. The Kier molecular flexibility index (Phi) is 3.39. The Morgan fingerprint density at radius 1 is 1.24 bits per heavy atom. The number of rotatable bonds is 0. The topological polar surface area (TPSA) is 101 Å². The fourth-order valence-corrected chi connectivity index (χ4v) is 5.18. The molecule has 130 valence electrons. The number of aromatic nitrogens is 3. The highest BCUT2D eigenvalue weighted by atomic mass is 32.2. The molecule has 3 aliphatic rings. The van der Waals surface area contributed by atoms with E-state index < -0.39 is 29.7 Å². The molecule has 0 aliphatic carbocycles. The standard InChI is InChI=1S/C16H16N4O4S/c21-12-13(22)16-20(15(23)9-3-1-2-4-11(9)25-16)10-6-19-8(5-17-18-19)7-24-14(10)12/h1-5,10,12-14,16,21-22H,6-7H2/t10-,12+,13-,14+,16-/m0/s1. The molecule has 0 unspecified atom stereocenters. The number of carbonyl (C=O) groups excluding carboxylic acids is 1. The number of fused-ring (bicyclic) bond motifs is 5. The number of thioether (sulfide) groups is 1. The summed E-state index contributed by atoms with van der Waals surface area (Å²) >= 11 is 1.40. The van der Waals surface area contributed by atoms with Gasteiger partial charge in [0.1, 0.15) is 23.7 Å². The van der Waals surface area contributed by atoms with E-state index in [4.69, 9.17) is 4.74 Å². The molecule has 1 aromatic heterocycles. The van der Waals surface area contributed by atoms with Crippen LogP contribution in [0, 0.1) is 0 Å². The van der Waals surface area contributed by atoms with E-state index in [0.717, 1.165) is 10.6 Å². The summed E-state index contributed by atoms with van der Waals surface area (Å²) < 4.78 is 7.54. The van der Waals surface area contributed by atoms with Crippen LogP contribution in [-0.2, 0) is 17.9 Å². The Labute approximate surface area is 147 Å². The van der Waals surface area contributed by atoms with Crippen molar-refractivity contribution in [1.29, 1.82) is 0 Å². The number of benzene rings is 1. The quantitative estimate of drug-likeness (QED) is 0.674. The zero-order chi connectivity index (χ0) is 17.1. The van der Waals surface area contributed by atoms with Gasteiger partial charge in [0.25, 0.3) is 5.91 Å². The molecule has 9 heteroatoms. The van der Waals surface area contributed by atoms with Crippen LogP contribution in [0.15, 0.2) is 35.4 Å². The average molecular weight is 360 g/mol. The lowest BCUT2D eigenvalue weighted by molar-refractivity contribution is -0.159. The Hall–Kier alpha value is -1.94. The van der Waals surface area contributed by atoms with Crippen LogP contribution in [0.3, 0.4) is 0 Å². The SMILES string of the molecule is O=C1c2ccccc2S[C@H]2[C@@H](O)[C@@H](O)[C@@H]3OCc4cnnn4C[C@@H]3N12. The molecule has 5 rings (SSSR count). The van der Waals surface area contributed by atoms with Crippen LogP contribution < -0.4 is 0 Å². The van der Waals surface area contributed by atoms with Gasteiger partial charge in [0.05, 0.1) is 36.6 Å². The van der Waals surface area contributed by atoms with Crippen LogP contribution >= 0.6 is 11.8 Å². The predicted molar refractivity (Wildman–Crippen MR) is 86.7 cm³/mol. The molecule has 1 amide bonds. The first-order chi connectivity index (χ1) is 12.1. The van der Waals surface area contributed by atoms with Gasteiger partial charge >= 0.3 is 0 Å². The summed E-state index contributed by atoms with van der Waals surface area (Å²) in [5.41, 5.74) is 1.39. The van der Waals surface area contributed by atoms with Crippen LogP contribution in [0.1, 0.15) is 16.1 Å². The molecule has 1 fully saturated rings. The molecule has 5 atom stereocenters. The molecule has 2 aromatic rings. The van der Waals surface area contributed by atoms with E-state index in [-0.39, 0.29) is 12.5 Å². The maximum absolute atomic E-state index is 13.1. The molecule has 8 nitrogen and oxygen atoms in total. The van der Waals surface area contributed by atoms with Crippen LogP contribution in [0.2, 0.25) is 0 Å². The third-order valence-corrected chi connectivity index (χ3v) is 6.43. The Balaban J connectivity index is 1.60. The largest absolute Gasteiger partial charge is 0.387 e. The van der Waals surface area contributed by atoms with Gasteiger partial charge in [0, 0.05) is 4.90 Å². The van der Waals surface area contributed by atoms with E-state index in [1.54, 1.807) is 21.8 Å². The molecular formula is C16H16N4O4S. The van der Waals surface area contributed by atoms with E-state index in [2.05, 4.69) is 10.3 Å². The van der Waals surface area contributed by atoms with Gasteiger partial charge in [0.2, 0.25) is 0 Å². The number of carbonyl (C=O) groups is 1. The maximum Gasteiger partial charge on any atom is 0.256 e. The Morgan fingerprint density at radius 3 is 2.96 bits per heavy atom. The summed E-state index contributed by atoms with van der Waals surface area (Å²) in [6.45, 7) is 0.600. The van der Waals surface area contributed by atoms with E-state index in [1.165, 1.54) is 11.8 Å². The minimum Gasteiger partial charge on any atom is -0.387 e. The zero-order valence-electron chi connectivity index (χ0n) is 13.1. The van der Waals surface area contributed by atoms with Gasteiger partial charge in [-0.1, -0.05) is 29.1 Å². The number of aliphatic hydroxyl groups excluding tert-OH is 2. The smallest absolute Gasteiger partial charge is 0.256 e. The van der Waals surface area contributed by atoms with E-state index in [1.807, 2.05) is 18.2 Å². The fourth-order valence-electron chi connectivity index (χ4n) is 3.81. The minimum atomic E-state index is -1.09. The number of piperidine rings is 1. The fraction of sp³-hybridized carbons (Fsp3) is 0.438. The van der Waals surface area contributed by atoms with E-state index >= 15 is 0 Å². The van der Waals surface area contributed by atoms with Crippen molar-refractivity contribution in [2.45, 2.75) is 47.8 Å². The van der Waals surface area contributed by atoms with E-state index in [9.17, 15) is 15.0 Å². The second kappa shape index (κ2) is 5.53. The second-order valence-electron chi connectivity index (χ2n) is 6.45. The van der Waals surface area contributed by atoms with Crippen molar-refractivity contribution in [1.82, 2.24) is 19.9 Å². The molecule has 2 N–H and O–H groups in total. The first kappa shape index (κ1) is 15.3. The van der Waals surface area contributed by atoms with Crippen LogP contribution in [0.4, 0.5) is 0 Å². The molecule has 0 radical (unpaired) electrons. The van der Waals surface area contributed by atoms with Gasteiger partial charge in [-0.15, -0.1) is 5.10 Å². The van der Waals surface area contributed by atoms with Crippen LogP contribution in [0.5, 0.6) is 0 Å². The normalized spacial score (nSPS) is 33.8. The lowest BCUT2D eigenvalue weighted by Crippen LogP contribution is -2.68. The highest BCUT2D eigenvalue weighted by Crippen LogP contribution is 2.43. The second-order valence-corrected chi connectivity index (χ2v) is 7.61. The van der Waals surface area contributed by atoms with Gasteiger partial charge < -0.3 is 19.8 Å². The van der Waals surface area contributed by atoms with Crippen LogP contribution in [0.25, 0.3) is 0 Å². The number of nitrogens with zero attached hydrogens (tertiary/aromatic N) is 4. The number of hydrogen-bond acceptors (Lipinski definition) is 7. The number of amides is 1. The first-order valence-corrected chi connectivity index (χ1v) is 8.96. The highest BCUT2D eigenvalue weighted by Gasteiger charge is 2.54. The van der Waals surface area contributed by atoms with Crippen molar-refractivity contribution in [3.63, 3.8) is 0 Å². The monoisotopic (exact) mass is 360 g/mol. The number of aliphatic hydroxyl groups is 2. The van der Waals surface area contributed by atoms with Crippen LogP contribution in [-0.4, -0.2) is 65.7 Å². The number of hydrogen-bond donors (Lipinski definition) is 2. The van der Waals surface area contributed by atoms with Gasteiger partial charge in [-0.05, 0) is 12.1 Å². The molecule has 0 saturated carbocycles. The molecule has 1 saturated heterocycles. The Morgan fingerprint density at radius 2 is 2.08 bits per heavy atom. The molecular weight excluding hydrogens is 344 g/mol. The van der Waals surface area contributed by atoms with E-state index in [0.29, 0.717) is 12.1 Å². The van der Waals surface area contributed by atoms with Crippen molar-refractivity contribution >= 4 is 17.7 Å². The summed E-state index contributed by atoms with van der Waals surface area (Å²) in [6, 6.07) is 6.90. The summed E-state index contributed by atoms with van der Waals surface area (Å²) in [4.78, 5) is 15.6. The first-order valence-electron chi connectivity index (χ1n) is 8.08. The third-order valence-electron chi connectivity index (χ3n) is 5.07. The minimum absolute atomic E-state index is 0.160. The molecule has 4 heterocycles. The van der Waals surface area contributed by atoms with Crippen molar-refractivity contribution in [2.24, 2.45) is 0 Å². The molecule has 0 spiro atoms. The number of ether oxygens (including phenoxy) is 1. The predicted octanol–water partition coefficient (Wildman–Crippen LogP) is -0.145. The Bertz CT molecular complexity index is 843. The zero-order valence-corrected chi connectivity index (χ0v) is 13.9. The van der Waals surface area contributed by atoms with Gasteiger partial charge in [-0.25, -0.2) is 4.68 Å². The summed E-state index contributed by atoms with van der Waals surface area (Å²) in [5, 5.41) is 28.6. The summed E-state index contributed by atoms with van der Waals surface area (Å²) in [6.07, 6.45) is -1.23. The molecule has 0 bridgehead atoms. The molecule has 3 aliphatic heterocycles. The van der Waals surface area contributed by atoms with Gasteiger partial charge in [0.15, 0.2) is 0 Å². The summed E-state index contributed by atoms with van der Waals surface area (Å²) in [7, 11) is 0. The van der Waals surface area contributed by atoms with Crippen molar-refractivity contribution < 1.29 is 19.7 Å². The van der Waals surface area contributed by atoms with Crippen molar-refractivity contribution in [3.8, 4) is 0 Å². The maximum atomic E-state index is 13.1.